The second-order valence-electron chi connectivity index (χ2n) is 3.45. The Morgan fingerprint density at radius 1 is 1.46 bits per heavy atom. The molecule has 1 aromatic rings. The molecule has 1 rings (SSSR count). The van der Waals surface area contributed by atoms with Crippen LogP contribution in [0, 0.1) is 5.92 Å². The summed E-state index contributed by atoms with van der Waals surface area (Å²) < 4.78 is 6.87. The lowest BCUT2D eigenvalue weighted by atomic mass is 10.1. The van der Waals surface area contributed by atoms with E-state index in [0.29, 0.717) is 12.0 Å². The molecule has 0 N–H and O–H groups in total. The Bertz CT molecular complexity index is 257. The third kappa shape index (κ3) is 3.41. The minimum absolute atomic E-state index is 0.328. The number of halogens is 1. The van der Waals surface area contributed by atoms with Crippen molar-refractivity contribution in [2.45, 2.75) is 33.5 Å². The van der Waals surface area contributed by atoms with Crippen LogP contribution in [0.15, 0.2) is 15.9 Å². The van der Waals surface area contributed by atoms with Crippen LogP contribution in [0.2, 0.25) is 0 Å². The zero-order valence-corrected chi connectivity index (χ0v) is 10.6. The second-order valence-corrected chi connectivity index (χ2v) is 5.31. The minimum Gasteiger partial charge on any atom is -0.373 e. The number of rotatable bonds is 4. The first-order valence-electron chi connectivity index (χ1n) is 4.44. The number of thiophene rings is 1. The van der Waals surface area contributed by atoms with Gasteiger partial charge in [-0.25, -0.2) is 0 Å². The topological polar surface area (TPSA) is 9.23 Å². The fourth-order valence-corrected chi connectivity index (χ4v) is 2.21. The Labute approximate surface area is 92.2 Å². The molecule has 0 aliphatic rings. The van der Waals surface area contributed by atoms with E-state index >= 15 is 0 Å². The van der Waals surface area contributed by atoms with E-state index in [1.807, 2.05) is 0 Å². The lowest BCUT2D eigenvalue weighted by Crippen LogP contribution is -2.14. The van der Waals surface area contributed by atoms with Crippen LogP contribution in [0.5, 0.6) is 0 Å². The average Bonchev–Trinajstić information content (AvgIpc) is 2.47. The van der Waals surface area contributed by atoms with E-state index in [2.05, 4.69) is 48.1 Å². The summed E-state index contributed by atoms with van der Waals surface area (Å²) in [5, 5.41) is 2.07. The van der Waals surface area contributed by atoms with Gasteiger partial charge in [-0.3, -0.25) is 0 Å². The molecule has 0 aromatic carbocycles. The van der Waals surface area contributed by atoms with Crippen LogP contribution in [0.25, 0.3) is 0 Å². The predicted molar refractivity (Wildman–Crippen MR) is 61.1 cm³/mol. The Hall–Kier alpha value is 0.140. The maximum Gasteiger partial charge on any atom is 0.0824 e. The number of hydrogen-bond acceptors (Lipinski definition) is 2. The lowest BCUT2D eigenvalue weighted by Gasteiger charge is -2.15. The molecule has 13 heavy (non-hydrogen) atoms. The largest absolute Gasteiger partial charge is 0.373 e. The molecule has 1 aromatic heterocycles. The highest BCUT2D eigenvalue weighted by Gasteiger charge is 2.08. The van der Waals surface area contributed by atoms with Crippen molar-refractivity contribution in [3.8, 4) is 0 Å². The third-order valence-corrected chi connectivity index (χ3v) is 4.01. The summed E-state index contributed by atoms with van der Waals surface area (Å²) in [6, 6.07) is 2.06. The molecule has 3 heteroatoms. The summed E-state index contributed by atoms with van der Waals surface area (Å²) in [6.07, 6.45) is 0.328. The summed E-state index contributed by atoms with van der Waals surface area (Å²) in [7, 11) is 0. The first-order valence-corrected chi connectivity index (χ1v) is 6.12. The molecular formula is C10H15BrOS. The molecule has 0 saturated carbocycles. The molecule has 0 aliphatic heterocycles. The van der Waals surface area contributed by atoms with Crippen molar-refractivity contribution in [2.75, 3.05) is 0 Å². The molecule has 1 atom stereocenters. The van der Waals surface area contributed by atoms with Gasteiger partial charge in [-0.05, 0) is 40.2 Å². The monoisotopic (exact) mass is 262 g/mol. The second kappa shape index (κ2) is 5.13. The summed E-state index contributed by atoms with van der Waals surface area (Å²) in [6.45, 7) is 7.19. The van der Waals surface area contributed by atoms with Crippen LogP contribution in [0.4, 0.5) is 0 Å². The van der Waals surface area contributed by atoms with Crippen LogP contribution in [-0.4, -0.2) is 6.10 Å². The zero-order valence-electron chi connectivity index (χ0n) is 8.21. The highest BCUT2D eigenvalue weighted by atomic mass is 79.9. The van der Waals surface area contributed by atoms with Crippen molar-refractivity contribution in [3.63, 3.8) is 0 Å². The van der Waals surface area contributed by atoms with Crippen molar-refractivity contribution in [1.29, 1.82) is 0 Å². The first-order chi connectivity index (χ1) is 6.11. The van der Waals surface area contributed by atoms with Gasteiger partial charge in [-0.2, -0.15) is 0 Å². The van der Waals surface area contributed by atoms with Crippen LogP contribution < -0.4 is 0 Å². The smallest absolute Gasteiger partial charge is 0.0824 e. The Morgan fingerprint density at radius 3 is 2.62 bits per heavy atom. The lowest BCUT2D eigenvalue weighted by molar-refractivity contribution is 0.0247. The average molecular weight is 263 g/mol. The van der Waals surface area contributed by atoms with Gasteiger partial charge in [0, 0.05) is 9.35 Å². The molecule has 1 unspecified atom stereocenters. The summed E-state index contributed by atoms with van der Waals surface area (Å²) in [5.74, 6) is 0.582. The van der Waals surface area contributed by atoms with E-state index in [1.165, 1.54) is 4.88 Å². The van der Waals surface area contributed by atoms with Gasteiger partial charge >= 0.3 is 0 Å². The van der Waals surface area contributed by atoms with Gasteiger partial charge in [-0.1, -0.05) is 13.8 Å². The van der Waals surface area contributed by atoms with Crippen LogP contribution in [0.3, 0.4) is 0 Å². The van der Waals surface area contributed by atoms with Gasteiger partial charge in [0.2, 0.25) is 0 Å². The SMILES string of the molecule is CC(C)C(C)OCc1sccc1Br. The normalized spacial score (nSPS) is 13.6. The first kappa shape index (κ1) is 11.2. The maximum absolute atomic E-state index is 5.71. The molecular weight excluding hydrogens is 248 g/mol. The van der Waals surface area contributed by atoms with E-state index in [1.54, 1.807) is 11.3 Å². The van der Waals surface area contributed by atoms with Crippen molar-refractivity contribution in [2.24, 2.45) is 5.92 Å². The molecule has 1 nitrogen and oxygen atoms in total. The Morgan fingerprint density at radius 2 is 2.15 bits per heavy atom. The summed E-state index contributed by atoms with van der Waals surface area (Å²) in [4.78, 5) is 1.27. The van der Waals surface area contributed by atoms with Crippen LogP contribution in [-0.2, 0) is 11.3 Å². The molecule has 0 spiro atoms. The van der Waals surface area contributed by atoms with Crippen molar-refractivity contribution in [3.05, 3.63) is 20.8 Å². The van der Waals surface area contributed by atoms with E-state index in [4.69, 9.17) is 4.74 Å². The molecule has 74 valence electrons. The molecule has 0 aliphatic carbocycles. The fraction of sp³-hybridized carbons (Fsp3) is 0.600. The predicted octanol–water partition coefficient (Wildman–Crippen LogP) is 4.07. The molecule has 0 saturated heterocycles. The van der Waals surface area contributed by atoms with E-state index in [-0.39, 0.29) is 0 Å². The van der Waals surface area contributed by atoms with Crippen molar-refractivity contribution < 1.29 is 4.74 Å². The molecule has 0 radical (unpaired) electrons. The molecule has 0 fully saturated rings. The maximum atomic E-state index is 5.71. The standard InChI is InChI=1S/C10H15BrOS/c1-7(2)8(3)12-6-10-9(11)4-5-13-10/h4-5,7-8H,6H2,1-3H3. The molecule has 0 bridgehead atoms. The minimum atomic E-state index is 0.328. The van der Waals surface area contributed by atoms with Crippen LogP contribution in [0.1, 0.15) is 25.6 Å². The zero-order chi connectivity index (χ0) is 9.84. The van der Waals surface area contributed by atoms with Gasteiger partial charge in [0.1, 0.15) is 0 Å². The fourth-order valence-electron chi connectivity index (χ4n) is 0.828. The molecule has 1 heterocycles. The van der Waals surface area contributed by atoms with Crippen molar-refractivity contribution in [1.82, 2.24) is 0 Å². The van der Waals surface area contributed by atoms with Gasteiger partial charge in [0.05, 0.1) is 12.7 Å². The van der Waals surface area contributed by atoms with Gasteiger partial charge in [-0.15, -0.1) is 11.3 Å². The molecule has 0 amide bonds. The van der Waals surface area contributed by atoms with Crippen LogP contribution >= 0.6 is 27.3 Å². The highest BCUT2D eigenvalue weighted by Crippen LogP contribution is 2.24. The highest BCUT2D eigenvalue weighted by molar-refractivity contribution is 9.10. The summed E-state index contributed by atoms with van der Waals surface area (Å²) in [5.41, 5.74) is 0. The van der Waals surface area contributed by atoms with E-state index < -0.39 is 0 Å². The number of hydrogen-bond donors (Lipinski definition) is 0. The Kier molecular flexibility index (Phi) is 4.42. The van der Waals surface area contributed by atoms with Gasteiger partial charge in [0.15, 0.2) is 0 Å². The Balaban J connectivity index is 2.39. The quantitative estimate of drug-likeness (QED) is 0.795. The number of ether oxygens (including phenoxy) is 1. The van der Waals surface area contributed by atoms with Gasteiger partial charge < -0.3 is 4.74 Å². The van der Waals surface area contributed by atoms with E-state index in [9.17, 15) is 0 Å². The van der Waals surface area contributed by atoms with Crippen molar-refractivity contribution >= 4 is 27.3 Å². The van der Waals surface area contributed by atoms with Gasteiger partial charge in [0.25, 0.3) is 0 Å². The third-order valence-electron chi connectivity index (χ3n) is 2.11. The van der Waals surface area contributed by atoms with E-state index in [0.717, 1.165) is 11.1 Å². The summed E-state index contributed by atoms with van der Waals surface area (Å²) >= 11 is 5.22.